The summed E-state index contributed by atoms with van der Waals surface area (Å²) in [6, 6.07) is 9.61. The van der Waals surface area contributed by atoms with Crippen LogP contribution in [0.15, 0.2) is 24.3 Å². The van der Waals surface area contributed by atoms with Crippen LogP contribution in [-0.2, 0) is 17.8 Å². The largest absolute Gasteiger partial charge is 0.352 e. The van der Waals surface area contributed by atoms with Gasteiger partial charge in [0.1, 0.15) is 0 Å². The number of amides is 1. The predicted molar refractivity (Wildman–Crippen MR) is 91.7 cm³/mol. The van der Waals surface area contributed by atoms with Crippen LogP contribution < -0.4 is 5.32 Å². The van der Waals surface area contributed by atoms with Crippen LogP contribution in [0, 0.1) is 5.92 Å². The summed E-state index contributed by atoms with van der Waals surface area (Å²) in [5.74, 6) is 0.623. The monoisotopic (exact) mass is 302 g/mol. The molecule has 1 atom stereocenters. The Morgan fingerprint density at radius 1 is 1.18 bits per heavy atom. The van der Waals surface area contributed by atoms with Crippen LogP contribution in [-0.4, -0.2) is 29.4 Å². The lowest BCUT2D eigenvalue weighted by molar-refractivity contribution is -0.123. The third-order valence-corrected chi connectivity index (χ3v) is 4.62. The number of nitrogens with zero attached hydrogens (tertiary/aromatic N) is 1. The van der Waals surface area contributed by atoms with E-state index in [1.54, 1.807) is 0 Å². The van der Waals surface area contributed by atoms with Crippen molar-refractivity contribution in [3.05, 3.63) is 35.4 Å². The smallest absolute Gasteiger partial charge is 0.234 e. The maximum Gasteiger partial charge on any atom is 0.234 e. The molecule has 0 radical (unpaired) electrons. The van der Waals surface area contributed by atoms with E-state index in [-0.39, 0.29) is 11.9 Å². The summed E-state index contributed by atoms with van der Waals surface area (Å²) >= 11 is 0. The molecule has 1 unspecified atom stereocenters. The first kappa shape index (κ1) is 17.0. The number of aryl methyl sites for hydroxylation is 1. The van der Waals surface area contributed by atoms with Crippen molar-refractivity contribution >= 4 is 5.91 Å². The van der Waals surface area contributed by atoms with Crippen LogP contribution in [0.1, 0.15) is 51.7 Å². The predicted octanol–water partition coefficient (Wildman–Crippen LogP) is 3.37. The summed E-state index contributed by atoms with van der Waals surface area (Å²) in [5, 5.41) is 3.12. The Labute approximate surface area is 135 Å². The van der Waals surface area contributed by atoms with Crippen molar-refractivity contribution in [3.63, 3.8) is 0 Å². The van der Waals surface area contributed by atoms with Crippen molar-refractivity contribution in [2.45, 2.75) is 65.6 Å². The fourth-order valence-electron chi connectivity index (χ4n) is 2.52. The second-order valence-corrected chi connectivity index (χ2v) is 6.91. The van der Waals surface area contributed by atoms with Gasteiger partial charge in [0.15, 0.2) is 0 Å². The molecule has 0 bridgehead atoms. The minimum atomic E-state index is 0.151. The van der Waals surface area contributed by atoms with Gasteiger partial charge in [0.2, 0.25) is 5.91 Å². The van der Waals surface area contributed by atoms with Crippen LogP contribution in [0.2, 0.25) is 0 Å². The Hall–Kier alpha value is -1.35. The second-order valence-electron chi connectivity index (χ2n) is 6.91. The normalized spacial score (nSPS) is 16.1. The highest BCUT2D eigenvalue weighted by atomic mass is 16.2. The van der Waals surface area contributed by atoms with Gasteiger partial charge in [0, 0.05) is 18.6 Å². The molecule has 122 valence electrons. The number of benzene rings is 1. The van der Waals surface area contributed by atoms with E-state index in [4.69, 9.17) is 0 Å². The number of carbonyl (C=O) groups is 1. The molecule has 1 aromatic rings. The molecule has 1 aromatic carbocycles. The Morgan fingerprint density at radius 3 is 2.27 bits per heavy atom. The van der Waals surface area contributed by atoms with Gasteiger partial charge in [0.05, 0.1) is 6.54 Å². The maximum absolute atomic E-state index is 12.2. The van der Waals surface area contributed by atoms with E-state index in [9.17, 15) is 4.79 Å². The molecule has 0 aromatic heterocycles. The Morgan fingerprint density at radius 2 is 1.77 bits per heavy atom. The third-order valence-electron chi connectivity index (χ3n) is 4.62. The molecule has 1 N–H and O–H groups in total. The molecule has 1 aliphatic carbocycles. The molecule has 0 aliphatic heterocycles. The summed E-state index contributed by atoms with van der Waals surface area (Å²) in [5.41, 5.74) is 2.67. The van der Waals surface area contributed by atoms with E-state index in [0.29, 0.717) is 18.5 Å². The first-order valence-corrected chi connectivity index (χ1v) is 8.60. The number of nitrogens with one attached hydrogen (secondary N) is 1. The molecular formula is C19H30N2O. The molecule has 1 fully saturated rings. The van der Waals surface area contributed by atoms with Gasteiger partial charge in [-0.2, -0.15) is 0 Å². The lowest BCUT2D eigenvalue weighted by Crippen LogP contribution is -2.43. The van der Waals surface area contributed by atoms with Gasteiger partial charge in [-0.15, -0.1) is 0 Å². The van der Waals surface area contributed by atoms with Gasteiger partial charge in [-0.3, -0.25) is 9.69 Å². The van der Waals surface area contributed by atoms with Crippen molar-refractivity contribution in [2.75, 3.05) is 6.54 Å². The molecule has 0 heterocycles. The molecule has 1 saturated carbocycles. The van der Waals surface area contributed by atoms with E-state index in [1.807, 2.05) is 0 Å². The first-order chi connectivity index (χ1) is 10.5. The zero-order chi connectivity index (χ0) is 16.1. The molecule has 0 saturated heterocycles. The highest BCUT2D eigenvalue weighted by Gasteiger charge is 2.30. The topological polar surface area (TPSA) is 32.3 Å². The van der Waals surface area contributed by atoms with E-state index in [2.05, 4.69) is 62.2 Å². The minimum Gasteiger partial charge on any atom is -0.352 e. The number of rotatable bonds is 8. The molecular weight excluding hydrogens is 272 g/mol. The Kier molecular flexibility index (Phi) is 6.01. The zero-order valence-electron chi connectivity index (χ0n) is 14.4. The molecule has 1 aliphatic rings. The van der Waals surface area contributed by atoms with Gasteiger partial charge < -0.3 is 5.32 Å². The fourth-order valence-corrected chi connectivity index (χ4v) is 2.52. The van der Waals surface area contributed by atoms with Gasteiger partial charge in [-0.1, -0.05) is 45.0 Å². The molecule has 22 heavy (non-hydrogen) atoms. The summed E-state index contributed by atoms with van der Waals surface area (Å²) < 4.78 is 0. The number of hydrogen-bond acceptors (Lipinski definition) is 2. The SMILES string of the molecule is CCc1ccc(CN(CC(=O)NC(C)C(C)C)C2CC2)cc1. The highest BCUT2D eigenvalue weighted by molar-refractivity contribution is 5.78. The number of hydrogen-bond donors (Lipinski definition) is 1. The summed E-state index contributed by atoms with van der Waals surface area (Å²) in [6.45, 7) is 9.91. The van der Waals surface area contributed by atoms with Gasteiger partial charge in [0.25, 0.3) is 0 Å². The van der Waals surface area contributed by atoms with Gasteiger partial charge >= 0.3 is 0 Å². The van der Waals surface area contributed by atoms with Crippen LogP contribution >= 0.6 is 0 Å². The molecule has 3 nitrogen and oxygen atoms in total. The standard InChI is InChI=1S/C19H30N2O/c1-5-16-6-8-17(9-7-16)12-21(18-10-11-18)13-19(22)20-15(4)14(2)3/h6-9,14-15,18H,5,10-13H2,1-4H3,(H,20,22). The van der Waals surface area contributed by atoms with Crippen molar-refractivity contribution in [2.24, 2.45) is 5.92 Å². The maximum atomic E-state index is 12.2. The average molecular weight is 302 g/mol. The third kappa shape index (κ3) is 5.13. The fraction of sp³-hybridized carbons (Fsp3) is 0.632. The molecule has 2 rings (SSSR count). The second kappa shape index (κ2) is 7.77. The highest BCUT2D eigenvalue weighted by Crippen LogP contribution is 2.28. The van der Waals surface area contributed by atoms with Crippen molar-refractivity contribution in [3.8, 4) is 0 Å². The minimum absolute atomic E-state index is 0.151. The van der Waals surface area contributed by atoms with Crippen molar-refractivity contribution in [1.29, 1.82) is 0 Å². The Bertz CT molecular complexity index is 477. The summed E-state index contributed by atoms with van der Waals surface area (Å²) in [7, 11) is 0. The van der Waals surface area contributed by atoms with Crippen molar-refractivity contribution < 1.29 is 4.79 Å². The lowest BCUT2D eigenvalue weighted by atomic mass is 10.1. The van der Waals surface area contributed by atoms with E-state index >= 15 is 0 Å². The van der Waals surface area contributed by atoms with E-state index in [1.165, 1.54) is 24.0 Å². The quantitative estimate of drug-likeness (QED) is 0.798. The summed E-state index contributed by atoms with van der Waals surface area (Å²) in [6.07, 6.45) is 3.52. The lowest BCUT2D eigenvalue weighted by Gasteiger charge is -2.24. The average Bonchev–Trinajstić information content (AvgIpc) is 3.31. The first-order valence-electron chi connectivity index (χ1n) is 8.60. The van der Waals surface area contributed by atoms with Crippen molar-refractivity contribution in [1.82, 2.24) is 10.2 Å². The molecule has 1 amide bonds. The van der Waals surface area contributed by atoms with Crippen LogP contribution in [0.3, 0.4) is 0 Å². The van der Waals surface area contributed by atoms with Gasteiger partial charge in [-0.25, -0.2) is 0 Å². The Balaban J connectivity index is 1.90. The summed E-state index contributed by atoms with van der Waals surface area (Å²) in [4.78, 5) is 14.6. The van der Waals surface area contributed by atoms with Crippen LogP contribution in [0.25, 0.3) is 0 Å². The van der Waals surface area contributed by atoms with E-state index in [0.717, 1.165) is 13.0 Å². The number of carbonyl (C=O) groups excluding carboxylic acids is 1. The molecule has 0 spiro atoms. The van der Waals surface area contributed by atoms with Crippen LogP contribution in [0.5, 0.6) is 0 Å². The van der Waals surface area contributed by atoms with Gasteiger partial charge in [-0.05, 0) is 43.2 Å². The molecule has 3 heteroatoms. The zero-order valence-corrected chi connectivity index (χ0v) is 14.4. The van der Waals surface area contributed by atoms with Crippen LogP contribution in [0.4, 0.5) is 0 Å². The van der Waals surface area contributed by atoms with E-state index < -0.39 is 0 Å².